The topological polar surface area (TPSA) is 47.3 Å². The smallest absolute Gasteiger partial charge is 0.138 e. The van der Waals surface area contributed by atoms with Crippen LogP contribution in [0.15, 0.2) is 42.5 Å². The Morgan fingerprint density at radius 1 is 1.12 bits per heavy atom. The van der Waals surface area contributed by atoms with Crippen molar-refractivity contribution in [3.05, 3.63) is 59.4 Å². The molecule has 4 nitrogen and oxygen atoms in total. The molecule has 3 rings (SSSR count). The summed E-state index contributed by atoms with van der Waals surface area (Å²) in [4.78, 5) is 4.65. The van der Waals surface area contributed by atoms with Crippen molar-refractivity contribution in [3.63, 3.8) is 0 Å². The molecule has 0 bridgehead atoms. The Kier molecular flexibility index (Phi) is 5.39. The van der Waals surface area contributed by atoms with Crippen LogP contribution in [-0.4, -0.2) is 21.3 Å². The van der Waals surface area contributed by atoms with Gasteiger partial charge < -0.3 is 14.4 Å². The molecule has 0 radical (unpaired) electrons. The Balaban J connectivity index is 1.82. The van der Waals surface area contributed by atoms with E-state index >= 15 is 0 Å². The highest BCUT2D eigenvalue weighted by atomic mass is 16.5. The zero-order chi connectivity index (χ0) is 17.8. The number of rotatable bonds is 7. The van der Waals surface area contributed by atoms with Crippen LogP contribution < -0.4 is 4.74 Å². The second kappa shape index (κ2) is 7.70. The van der Waals surface area contributed by atoms with E-state index in [1.807, 2.05) is 36.4 Å². The zero-order valence-electron chi connectivity index (χ0n) is 15.2. The fraction of sp³-hybridized carbons (Fsp3) is 0.381. The van der Waals surface area contributed by atoms with Crippen molar-refractivity contribution in [2.24, 2.45) is 0 Å². The Hall–Kier alpha value is -2.33. The second-order valence-electron chi connectivity index (χ2n) is 6.46. The number of hydrogen-bond donors (Lipinski definition) is 1. The van der Waals surface area contributed by atoms with E-state index in [4.69, 9.17) is 4.74 Å². The van der Waals surface area contributed by atoms with E-state index in [1.165, 1.54) is 11.1 Å². The first-order valence-corrected chi connectivity index (χ1v) is 8.94. The van der Waals surface area contributed by atoms with Gasteiger partial charge in [-0.2, -0.15) is 0 Å². The van der Waals surface area contributed by atoms with Gasteiger partial charge >= 0.3 is 0 Å². The molecule has 0 aliphatic heterocycles. The van der Waals surface area contributed by atoms with Gasteiger partial charge in [0.25, 0.3) is 0 Å². The van der Waals surface area contributed by atoms with Crippen LogP contribution in [0.25, 0.3) is 11.0 Å². The van der Waals surface area contributed by atoms with E-state index in [0.717, 1.165) is 29.0 Å². The third-order valence-corrected chi connectivity index (χ3v) is 4.67. The molecule has 1 heterocycles. The highest BCUT2D eigenvalue weighted by molar-refractivity contribution is 5.76. The summed E-state index contributed by atoms with van der Waals surface area (Å²) in [5.41, 5.74) is 4.35. The summed E-state index contributed by atoms with van der Waals surface area (Å²) in [5.74, 6) is 1.65. The van der Waals surface area contributed by atoms with Crippen LogP contribution in [0, 0.1) is 13.8 Å². The molecule has 2 aromatic carbocycles. The van der Waals surface area contributed by atoms with Gasteiger partial charge in [-0.15, -0.1) is 0 Å². The summed E-state index contributed by atoms with van der Waals surface area (Å²) in [6.45, 7) is 7.43. The van der Waals surface area contributed by atoms with Crippen molar-refractivity contribution >= 4 is 11.0 Å². The largest absolute Gasteiger partial charge is 0.491 e. The first kappa shape index (κ1) is 17.5. The number of nitrogens with zero attached hydrogens (tertiary/aromatic N) is 2. The maximum Gasteiger partial charge on any atom is 0.138 e. The third-order valence-electron chi connectivity index (χ3n) is 4.67. The fourth-order valence-electron chi connectivity index (χ4n) is 3.11. The number of benzene rings is 2. The summed E-state index contributed by atoms with van der Waals surface area (Å²) in [6, 6.07) is 14.1. The van der Waals surface area contributed by atoms with Crippen LogP contribution >= 0.6 is 0 Å². The van der Waals surface area contributed by atoms with Gasteiger partial charge in [-0.05, 0) is 49.6 Å². The minimum atomic E-state index is -0.543. The van der Waals surface area contributed by atoms with Crippen LogP contribution in [-0.2, 0) is 6.54 Å². The number of para-hydroxylation sites is 2. The molecule has 0 aliphatic rings. The molecule has 0 aliphatic carbocycles. The number of fused-ring (bicyclic) bond motifs is 1. The zero-order valence-corrected chi connectivity index (χ0v) is 15.2. The number of aryl methyl sites for hydroxylation is 1. The van der Waals surface area contributed by atoms with E-state index in [0.29, 0.717) is 19.6 Å². The molecule has 1 aromatic heterocycles. The van der Waals surface area contributed by atoms with Crippen LogP contribution in [0.2, 0.25) is 0 Å². The van der Waals surface area contributed by atoms with Crippen LogP contribution in [0.5, 0.6) is 5.75 Å². The van der Waals surface area contributed by atoms with Crippen LogP contribution in [0.4, 0.5) is 0 Å². The average molecular weight is 338 g/mol. The quantitative estimate of drug-likeness (QED) is 0.687. The number of aromatic nitrogens is 2. The molecule has 25 heavy (non-hydrogen) atoms. The molecule has 0 amide bonds. The second-order valence-corrected chi connectivity index (χ2v) is 6.46. The van der Waals surface area contributed by atoms with Crippen LogP contribution in [0.3, 0.4) is 0 Å². The maximum absolute atomic E-state index is 10.5. The number of hydrogen-bond acceptors (Lipinski definition) is 3. The lowest BCUT2D eigenvalue weighted by Gasteiger charge is -2.15. The van der Waals surface area contributed by atoms with Crippen molar-refractivity contribution in [2.75, 3.05) is 6.61 Å². The summed E-state index contributed by atoms with van der Waals surface area (Å²) in [7, 11) is 0. The van der Waals surface area contributed by atoms with Crippen LogP contribution in [0.1, 0.15) is 42.8 Å². The predicted molar refractivity (Wildman–Crippen MR) is 101 cm³/mol. The molecular formula is C21H26N2O2. The average Bonchev–Trinajstić information content (AvgIpc) is 2.98. The lowest BCUT2D eigenvalue weighted by Crippen LogP contribution is -2.14. The Morgan fingerprint density at radius 2 is 1.92 bits per heavy atom. The van der Waals surface area contributed by atoms with Crippen molar-refractivity contribution in [1.82, 2.24) is 9.55 Å². The van der Waals surface area contributed by atoms with Gasteiger partial charge in [-0.25, -0.2) is 4.98 Å². The highest BCUT2D eigenvalue weighted by Crippen LogP contribution is 2.24. The molecule has 0 spiro atoms. The van der Waals surface area contributed by atoms with E-state index in [-0.39, 0.29) is 0 Å². The Bertz CT molecular complexity index is 854. The van der Waals surface area contributed by atoms with Gasteiger partial charge in [0, 0.05) is 0 Å². The molecule has 0 saturated carbocycles. The Morgan fingerprint density at radius 3 is 2.72 bits per heavy atom. The maximum atomic E-state index is 10.5. The molecule has 0 saturated heterocycles. The van der Waals surface area contributed by atoms with Crippen molar-refractivity contribution in [2.45, 2.75) is 46.3 Å². The van der Waals surface area contributed by atoms with E-state index in [2.05, 4.69) is 36.4 Å². The lowest BCUT2D eigenvalue weighted by molar-refractivity contribution is 0.151. The standard InChI is InChI=1S/C21H26N2O2/c1-4-8-19(24)21-22-17-10-5-6-11-18(17)23(21)13-14-25-20-12-7-9-15(2)16(20)3/h5-7,9-12,19,24H,4,8,13-14H2,1-3H3/t19-/m1/s1. The van der Waals surface area contributed by atoms with Gasteiger partial charge in [0.1, 0.15) is 24.3 Å². The van der Waals surface area contributed by atoms with E-state index in [1.54, 1.807) is 0 Å². The number of ether oxygens (including phenoxy) is 1. The van der Waals surface area contributed by atoms with E-state index < -0.39 is 6.10 Å². The van der Waals surface area contributed by atoms with Gasteiger partial charge in [0.2, 0.25) is 0 Å². The number of aliphatic hydroxyl groups is 1. The summed E-state index contributed by atoms with van der Waals surface area (Å²) in [5, 5.41) is 10.5. The van der Waals surface area contributed by atoms with Crippen molar-refractivity contribution in [1.29, 1.82) is 0 Å². The van der Waals surface area contributed by atoms with Gasteiger partial charge in [-0.3, -0.25) is 0 Å². The molecular weight excluding hydrogens is 312 g/mol. The normalized spacial score (nSPS) is 12.5. The third kappa shape index (κ3) is 3.69. The molecule has 0 unspecified atom stereocenters. The molecule has 132 valence electrons. The fourth-order valence-corrected chi connectivity index (χ4v) is 3.11. The minimum absolute atomic E-state index is 0.538. The minimum Gasteiger partial charge on any atom is -0.491 e. The molecule has 3 aromatic rings. The number of aliphatic hydroxyl groups excluding tert-OH is 1. The summed E-state index contributed by atoms with van der Waals surface area (Å²) < 4.78 is 8.09. The Labute approximate surface area is 149 Å². The van der Waals surface area contributed by atoms with E-state index in [9.17, 15) is 5.11 Å². The lowest BCUT2D eigenvalue weighted by atomic mass is 10.1. The molecule has 1 N–H and O–H groups in total. The van der Waals surface area contributed by atoms with Crippen molar-refractivity contribution in [3.8, 4) is 5.75 Å². The first-order chi connectivity index (χ1) is 12.1. The van der Waals surface area contributed by atoms with Gasteiger partial charge in [0.15, 0.2) is 0 Å². The van der Waals surface area contributed by atoms with Gasteiger partial charge in [-0.1, -0.05) is 37.6 Å². The number of imidazole rings is 1. The predicted octanol–water partition coefficient (Wildman–Crippen LogP) is 4.57. The van der Waals surface area contributed by atoms with Crippen molar-refractivity contribution < 1.29 is 9.84 Å². The molecule has 1 atom stereocenters. The monoisotopic (exact) mass is 338 g/mol. The first-order valence-electron chi connectivity index (χ1n) is 8.94. The highest BCUT2D eigenvalue weighted by Gasteiger charge is 2.17. The SMILES string of the molecule is CCC[C@@H](O)c1nc2ccccc2n1CCOc1cccc(C)c1C. The molecule has 4 heteroatoms. The van der Waals surface area contributed by atoms with Gasteiger partial charge in [0.05, 0.1) is 17.6 Å². The molecule has 0 fully saturated rings. The summed E-state index contributed by atoms with van der Waals surface area (Å²) in [6.07, 6.45) is 1.09. The summed E-state index contributed by atoms with van der Waals surface area (Å²) >= 11 is 0.